The summed E-state index contributed by atoms with van der Waals surface area (Å²) in [7, 11) is 0. The lowest BCUT2D eigenvalue weighted by atomic mass is 9.83. The van der Waals surface area contributed by atoms with Crippen LogP contribution >= 0.6 is 0 Å². The first kappa shape index (κ1) is 24.7. The molecule has 0 saturated heterocycles. The Morgan fingerprint density at radius 3 is 2.43 bits per heavy atom. The van der Waals surface area contributed by atoms with Crippen LogP contribution in [0.2, 0.25) is 0 Å². The zero-order chi connectivity index (χ0) is 24.6. The molecule has 3 aromatic rings. The second-order valence-electron chi connectivity index (χ2n) is 9.18. The molecule has 0 aromatic heterocycles. The maximum absolute atomic E-state index is 12.8. The second kappa shape index (κ2) is 11.8. The van der Waals surface area contributed by atoms with Crippen molar-refractivity contribution < 1.29 is 9.53 Å². The van der Waals surface area contributed by atoms with Gasteiger partial charge in [0.05, 0.1) is 5.92 Å². The van der Waals surface area contributed by atoms with Crippen molar-refractivity contribution in [1.29, 1.82) is 0 Å². The zero-order valence-corrected chi connectivity index (χ0v) is 21.2. The maximum atomic E-state index is 12.8. The molecule has 1 aliphatic rings. The van der Waals surface area contributed by atoms with Crippen molar-refractivity contribution in [2.75, 3.05) is 19.6 Å². The van der Waals surface area contributed by atoms with Gasteiger partial charge in [-0.15, -0.1) is 0 Å². The molecule has 1 atom stereocenters. The first-order valence-corrected chi connectivity index (χ1v) is 12.8. The lowest BCUT2D eigenvalue weighted by Gasteiger charge is -2.26. The van der Waals surface area contributed by atoms with E-state index in [2.05, 4.69) is 61.5 Å². The molecule has 0 aliphatic carbocycles. The minimum atomic E-state index is 0.0154. The Morgan fingerprint density at radius 1 is 0.971 bits per heavy atom. The number of amides is 1. The zero-order valence-electron chi connectivity index (χ0n) is 21.2. The predicted molar refractivity (Wildman–Crippen MR) is 144 cm³/mol. The van der Waals surface area contributed by atoms with Crippen LogP contribution in [0.15, 0.2) is 77.8 Å². The minimum Gasteiger partial charge on any atom is -0.489 e. The number of para-hydroxylation sites is 1. The van der Waals surface area contributed by atoms with E-state index in [0.717, 1.165) is 53.8 Å². The number of aliphatic imine (C=N–C) groups is 1. The van der Waals surface area contributed by atoms with Gasteiger partial charge in [-0.25, -0.2) is 0 Å². The Kier molecular flexibility index (Phi) is 8.36. The highest BCUT2D eigenvalue weighted by Gasteiger charge is 2.25. The molecule has 0 radical (unpaired) electrons. The molecule has 4 heteroatoms. The van der Waals surface area contributed by atoms with Crippen LogP contribution in [0.1, 0.15) is 71.6 Å². The van der Waals surface area contributed by atoms with Gasteiger partial charge in [0.15, 0.2) is 0 Å². The van der Waals surface area contributed by atoms with Crippen molar-refractivity contribution in [3.05, 3.63) is 101 Å². The molecular weight excluding hydrogens is 432 g/mol. The minimum absolute atomic E-state index is 0.0154. The standard InChI is InChI=1S/C31H36N2O2/c1-4-33(5-2)31(34)26-18-16-25(17-19-26)30(28-14-8-9-20-32-28)27-13-6-7-15-29(27)35-22-24-12-10-11-23(3)21-24/h6-7,10-13,15-19,21,30H,4-5,8-9,14,20,22H2,1-3H3. The van der Waals surface area contributed by atoms with Crippen LogP contribution in [-0.4, -0.2) is 36.2 Å². The summed E-state index contributed by atoms with van der Waals surface area (Å²) in [5, 5.41) is 0. The highest BCUT2D eigenvalue weighted by atomic mass is 16.5. The van der Waals surface area contributed by atoms with E-state index in [1.165, 1.54) is 11.3 Å². The molecule has 0 saturated carbocycles. The number of hydrogen-bond acceptors (Lipinski definition) is 3. The molecule has 0 bridgehead atoms. The average molecular weight is 469 g/mol. The molecule has 1 amide bonds. The molecule has 3 aromatic carbocycles. The topological polar surface area (TPSA) is 41.9 Å². The monoisotopic (exact) mass is 468 g/mol. The molecule has 182 valence electrons. The number of ether oxygens (including phenoxy) is 1. The highest BCUT2D eigenvalue weighted by Crippen LogP contribution is 2.36. The third-order valence-electron chi connectivity index (χ3n) is 6.74. The maximum Gasteiger partial charge on any atom is 0.253 e. The molecular formula is C31H36N2O2. The van der Waals surface area contributed by atoms with Crippen LogP contribution in [0.3, 0.4) is 0 Å². The van der Waals surface area contributed by atoms with E-state index in [1.807, 2.05) is 36.9 Å². The highest BCUT2D eigenvalue weighted by molar-refractivity contribution is 5.96. The molecule has 0 N–H and O–H groups in total. The molecule has 0 spiro atoms. The Bertz CT molecular complexity index is 1160. The van der Waals surface area contributed by atoms with E-state index in [0.29, 0.717) is 19.7 Å². The molecule has 4 nitrogen and oxygen atoms in total. The fourth-order valence-electron chi connectivity index (χ4n) is 4.83. The first-order valence-electron chi connectivity index (χ1n) is 12.8. The van der Waals surface area contributed by atoms with Crippen LogP contribution in [-0.2, 0) is 6.61 Å². The number of hydrogen-bond donors (Lipinski definition) is 0. The van der Waals surface area contributed by atoms with Gasteiger partial charge in [-0.3, -0.25) is 9.79 Å². The van der Waals surface area contributed by atoms with Gasteiger partial charge in [-0.1, -0.05) is 60.2 Å². The van der Waals surface area contributed by atoms with Gasteiger partial charge >= 0.3 is 0 Å². The fraction of sp³-hybridized carbons (Fsp3) is 0.355. The molecule has 1 unspecified atom stereocenters. The van der Waals surface area contributed by atoms with Gasteiger partial charge < -0.3 is 9.64 Å². The molecule has 0 fully saturated rings. The predicted octanol–water partition coefficient (Wildman–Crippen LogP) is 6.81. The summed E-state index contributed by atoms with van der Waals surface area (Å²) < 4.78 is 6.38. The number of nitrogens with zero attached hydrogens (tertiary/aromatic N) is 2. The summed E-state index contributed by atoms with van der Waals surface area (Å²) in [4.78, 5) is 19.6. The van der Waals surface area contributed by atoms with Crippen molar-refractivity contribution in [2.45, 2.75) is 52.6 Å². The fourth-order valence-corrected chi connectivity index (χ4v) is 4.83. The van der Waals surface area contributed by atoms with E-state index in [-0.39, 0.29) is 11.8 Å². The number of carbonyl (C=O) groups excluding carboxylic acids is 1. The molecule has 4 rings (SSSR count). The summed E-state index contributed by atoms with van der Waals surface area (Å²) in [6.07, 6.45) is 3.27. The van der Waals surface area contributed by atoms with Crippen molar-refractivity contribution >= 4 is 11.6 Å². The Labute approximate surface area is 209 Å². The third kappa shape index (κ3) is 6.00. The second-order valence-corrected chi connectivity index (χ2v) is 9.18. The Hall–Kier alpha value is -3.40. The SMILES string of the molecule is CCN(CC)C(=O)c1ccc(C(C2=NCCCC2)c2ccccc2OCc2cccc(C)c2)cc1. The number of benzene rings is 3. The van der Waals surface area contributed by atoms with Crippen LogP contribution in [0, 0.1) is 6.92 Å². The van der Waals surface area contributed by atoms with E-state index < -0.39 is 0 Å². The quantitative estimate of drug-likeness (QED) is 0.346. The summed E-state index contributed by atoms with van der Waals surface area (Å²) in [5.41, 5.74) is 6.59. The lowest BCUT2D eigenvalue weighted by molar-refractivity contribution is 0.0773. The largest absolute Gasteiger partial charge is 0.489 e. The van der Waals surface area contributed by atoms with E-state index in [1.54, 1.807) is 0 Å². The van der Waals surface area contributed by atoms with E-state index >= 15 is 0 Å². The number of carbonyl (C=O) groups is 1. The van der Waals surface area contributed by atoms with Gasteiger partial charge in [0.2, 0.25) is 0 Å². The third-order valence-corrected chi connectivity index (χ3v) is 6.74. The van der Waals surface area contributed by atoms with Crippen LogP contribution < -0.4 is 4.74 Å². The van der Waals surface area contributed by atoms with Gasteiger partial charge in [-0.05, 0) is 69.4 Å². The van der Waals surface area contributed by atoms with Crippen molar-refractivity contribution in [1.82, 2.24) is 4.90 Å². The summed E-state index contributed by atoms with van der Waals surface area (Å²) in [6.45, 7) is 8.95. The van der Waals surface area contributed by atoms with Gasteiger partial charge in [0.25, 0.3) is 5.91 Å². The van der Waals surface area contributed by atoms with Crippen LogP contribution in [0.25, 0.3) is 0 Å². The van der Waals surface area contributed by atoms with Crippen LogP contribution in [0.5, 0.6) is 5.75 Å². The average Bonchev–Trinajstić information content (AvgIpc) is 2.90. The van der Waals surface area contributed by atoms with Gasteiger partial charge in [0.1, 0.15) is 12.4 Å². The van der Waals surface area contributed by atoms with Gasteiger partial charge in [-0.2, -0.15) is 0 Å². The number of aryl methyl sites for hydroxylation is 1. The molecule has 35 heavy (non-hydrogen) atoms. The van der Waals surface area contributed by atoms with Crippen molar-refractivity contribution in [3.8, 4) is 5.75 Å². The summed E-state index contributed by atoms with van der Waals surface area (Å²) >= 11 is 0. The first-order chi connectivity index (χ1) is 17.1. The van der Waals surface area contributed by atoms with Crippen molar-refractivity contribution in [2.24, 2.45) is 4.99 Å². The normalized spacial score (nSPS) is 14.2. The summed E-state index contributed by atoms with van der Waals surface area (Å²) in [5.74, 6) is 0.979. The van der Waals surface area contributed by atoms with E-state index in [4.69, 9.17) is 9.73 Å². The molecule has 1 heterocycles. The van der Waals surface area contributed by atoms with Crippen LogP contribution in [0.4, 0.5) is 0 Å². The smallest absolute Gasteiger partial charge is 0.253 e. The Balaban J connectivity index is 1.67. The lowest BCUT2D eigenvalue weighted by Crippen LogP contribution is -2.30. The molecule has 1 aliphatic heterocycles. The Morgan fingerprint density at radius 2 is 1.74 bits per heavy atom. The van der Waals surface area contributed by atoms with Crippen molar-refractivity contribution in [3.63, 3.8) is 0 Å². The number of rotatable bonds is 9. The van der Waals surface area contributed by atoms with E-state index in [9.17, 15) is 4.79 Å². The summed E-state index contributed by atoms with van der Waals surface area (Å²) in [6, 6.07) is 24.9. The van der Waals surface area contributed by atoms with Gasteiger partial charge in [0, 0.05) is 36.5 Å².